The largest absolute Gasteiger partial charge is 0.496 e. The minimum atomic E-state index is 0.0936. The molecule has 1 aromatic rings. The molecule has 0 radical (unpaired) electrons. The number of carbonyl (C=O) groups excluding carboxylic acids is 1. The van der Waals surface area contributed by atoms with E-state index in [2.05, 4.69) is 0 Å². The third-order valence-corrected chi connectivity index (χ3v) is 3.21. The second-order valence-corrected chi connectivity index (χ2v) is 4.61. The molecule has 0 bridgehead atoms. The van der Waals surface area contributed by atoms with Crippen LogP contribution < -0.4 is 4.74 Å². The van der Waals surface area contributed by atoms with Crippen LogP contribution in [0.3, 0.4) is 0 Å². The Hall–Kier alpha value is -1.77. The van der Waals surface area contributed by atoms with Gasteiger partial charge in [-0.1, -0.05) is 11.6 Å². The molecule has 0 spiro atoms. The number of likely N-dealkylation sites (tertiary alicyclic amines) is 1. The lowest BCUT2D eigenvalue weighted by atomic mass is 10.1. The number of methoxy groups -OCH3 is 1. The molecule has 18 heavy (non-hydrogen) atoms. The van der Waals surface area contributed by atoms with Gasteiger partial charge in [0, 0.05) is 24.7 Å². The first-order chi connectivity index (χ1) is 8.70. The Balaban J connectivity index is 2.12. The standard InChI is InChI=1S/C15H19NO2/c1-12-5-7-14(18-2)13(11-12)6-8-15(17)16-9-3-4-10-16/h5-8,11H,3-4,9-10H2,1-2H3. The molecule has 1 amide bonds. The van der Waals surface area contributed by atoms with Crippen LogP contribution in [-0.2, 0) is 4.79 Å². The number of hydrogen-bond acceptors (Lipinski definition) is 2. The number of carbonyl (C=O) groups is 1. The monoisotopic (exact) mass is 245 g/mol. The molecule has 1 aromatic carbocycles. The lowest BCUT2D eigenvalue weighted by molar-refractivity contribution is -0.124. The molecule has 2 rings (SSSR count). The van der Waals surface area contributed by atoms with Gasteiger partial charge in [0.1, 0.15) is 5.75 Å². The van der Waals surface area contributed by atoms with Crippen molar-refractivity contribution < 1.29 is 9.53 Å². The van der Waals surface area contributed by atoms with Crippen LogP contribution in [0.25, 0.3) is 6.08 Å². The summed E-state index contributed by atoms with van der Waals surface area (Å²) in [5.74, 6) is 0.891. The predicted octanol–water partition coefficient (Wildman–Crippen LogP) is 2.64. The van der Waals surface area contributed by atoms with Crippen molar-refractivity contribution in [1.29, 1.82) is 0 Å². The Morgan fingerprint density at radius 1 is 1.33 bits per heavy atom. The zero-order chi connectivity index (χ0) is 13.0. The second-order valence-electron chi connectivity index (χ2n) is 4.61. The van der Waals surface area contributed by atoms with Gasteiger partial charge >= 0.3 is 0 Å². The summed E-state index contributed by atoms with van der Waals surface area (Å²) in [7, 11) is 1.64. The molecule has 1 aliphatic heterocycles. The number of benzene rings is 1. The maximum absolute atomic E-state index is 11.9. The summed E-state index contributed by atoms with van der Waals surface area (Å²) < 4.78 is 5.28. The van der Waals surface area contributed by atoms with Crippen LogP contribution in [0.2, 0.25) is 0 Å². The first-order valence-electron chi connectivity index (χ1n) is 6.32. The third kappa shape index (κ3) is 2.92. The third-order valence-electron chi connectivity index (χ3n) is 3.21. The molecule has 1 heterocycles. The normalized spacial score (nSPS) is 15.3. The maximum Gasteiger partial charge on any atom is 0.246 e. The molecule has 3 heteroatoms. The van der Waals surface area contributed by atoms with E-state index in [1.54, 1.807) is 13.2 Å². The van der Waals surface area contributed by atoms with E-state index in [4.69, 9.17) is 4.74 Å². The average molecular weight is 245 g/mol. The molecule has 0 aliphatic carbocycles. The zero-order valence-electron chi connectivity index (χ0n) is 11.0. The van der Waals surface area contributed by atoms with Crippen molar-refractivity contribution >= 4 is 12.0 Å². The Kier molecular flexibility index (Phi) is 4.03. The second kappa shape index (κ2) is 5.71. The Labute approximate surface area is 108 Å². The van der Waals surface area contributed by atoms with Crippen molar-refractivity contribution in [2.75, 3.05) is 20.2 Å². The Morgan fingerprint density at radius 3 is 2.72 bits per heavy atom. The van der Waals surface area contributed by atoms with Crippen molar-refractivity contribution in [1.82, 2.24) is 4.90 Å². The highest BCUT2D eigenvalue weighted by Gasteiger charge is 2.15. The number of nitrogens with zero attached hydrogens (tertiary/aromatic N) is 1. The topological polar surface area (TPSA) is 29.5 Å². The van der Waals surface area contributed by atoms with E-state index >= 15 is 0 Å². The number of ether oxygens (including phenoxy) is 1. The number of aryl methyl sites for hydroxylation is 1. The van der Waals surface area contributed by atoms with Crippen LogP contribution in [0.15, 0.2) is 24.3 Å². The van der Waals surface area contributed by atoms with Crippen LogP contribution in [0.4, 0.5) is 0 Å². The van der Waals surface area contributed by atoms with Gasteiger partial charge in [0.25, 0.3) is 0 Å². The van der Waals surface area contributed by atoms with Crippen molar-refractivity contribution in [2.45, 2.75) is 19.8 Å². The minimum absolute atomic E-state index is 0.0936. The quantitative estimate of drug-likeness (QED) is 0.766. The maximum atomic E-state index is 11.9. The van der Waals surface area contributed by atoms with E-state index in [1.807, 2.05) is 36.1 Å². The first kappa shape index (κ1) is 12.7. The molecule has 0 aromatic heterocycles. The van der Waals surface area contributed by atoms with E-state index in [9.17, 15) is 4.79 Å². The number of hydrogen-bond donors (Lipinski definition) is 0. The summed E-state index contributed by atoms with van der Waals surface area (Å²) in [5.41, 5.74) is 2.11. The molecule has 3 nitrogen and oxygen atoms in total. The highest BCUT2D eigenvalue weighted by atomic mass is 16.5. The Bertz CT molecular complexity index is 460. The highest BCUT2D eigenvalue weighted by molar-refractivity contribution is 5.92. The van der Waals surface area contributed by atoms with Gasteiger partial charge in [-0.15, -0.1) is 0 Å². The van der Waals surface area contributed by atoms with Gasteiger partial charge in [0.2, 0.25) is 5.91 Å². The molecule has 0 atom stereocenters. The molecule has 0 unspecified atom stereocenters. The summed E-state index contributed by atoms with van der Waals surface area (Å²) >= 11 is 0. The predicted molar refractivity (Wildman–Crippen MR) is 72.6 cm³/mol. The molecule has 1 aliphatic rings. The molecule has 96 valence electrons. The van der Waals surface area contributed by atoms with Gasteiger partial charge in [-0.05, 0) is 38.0 Å². The van der Waals surface area contributed by atoms with Crippen LogP contribution in [0.5, 0.6) is 5.75 Å². The van der Waals surface area contributed by atoms with Crippen molar-refractivity contribution in [3.05, 3.63) is 35.4 Å². The summed E-state index contributed by atoms with van der Waals surface area (Å²) in [6.07, 6.45) is 5.72. The molecule has 0 saturated carbocycles. The van der Waals surface area contributed by atoms with Gasteiger partial charge in [0.05, 0.1) is 7.11 Å². The van der Waals surface area contributed by atoms with Crippen LogP contribution in [-0.4, -0.2) is 31.0 Å². The lowest BCUT2D eigenvalue weighted by Crippen LogP contribution is -2.25. The lowest BCUT2D eigenvalue weighted by Gasteiger charge is -2.12. The first-order valence-corrected chi connectivity index (χ1v) is 6.32. The van der Waals surface area contributed by atoms with Gasteiger partial charge in [-0.2, -0.15) is 0 Å². The summed E-state index contributed by atoms with van der Waals surface area (Å²) in [5, 5.41) is 0. The molecular weight excluding hydrogens is 226 g/mol. The summed E-state index contributed by atoms with van der Waals surface area (Å²) in [6, 6.07) is 5.94. The van der Waals surface area contributed by atoms with Gasteiger partial charge in [-0.25, -0.2) is 0 Å². The van der Waals surface area contributed by atoms with Crippen LogP contribution in [0, 0.1) is 6.92 Å². The van der Waals surface area contributed by atoms with Crippen LogP contribution in [0.1, 0.15) is 24.0 Å². The fraction of sp³-hybridized carbons (Fsp3) is 0.400. The Morgan fingerprint density at radius 2 is 2.06 bits per heavy atom. The highest BCUT2D eigenvalue weighted by Crippen LogP contribution is 2.21. The van der Waals surface area contributed by atoms with Crippen molar-refractivity contribution in [3.8, 4) is 5.75 Å². The molecule has 0 N–H and O–H groups in total. The molecule has 1 saturated heterocycles. The fourth-order valence-corrected chi connectivity index (χ4v) is 2.19. The minimum Gasteiger partial charge on any atom is -0.496 e. The van der Waals surface area contributed by atoms with Gasteiger partial charge < -0.3 is 9.64 Å². The van der Waals surface area contributed by atoms with E-state index in [0.29, 0.717) is 0 Å². The fourth-order valence-electron chi connectivity index (χ4n) is 2.19. The SMILES string of the molecule is COc1ccc(C)cc1C=CC(=O)N1CCCC1. The number of rotatable bonds is 3. The van der Waals surface area contributed by atoms with Gasteiger partial charge in [0.15, 0.2) is 0 Å². The zero-order valence-corrected chi connectivity index (χ0v) is 11.0. The molecule has 1 fully saturated rings. The smallest absolute Gasteiger partial charge is 0.246 e. The number of amides is 1. The van der Waals surface area contributed by atoms with Crippen molar-refractivity contribution in [2.24, 2.45) is 0 Å². The van der Waals surface area contributed by atoms with E-state index in [1.165, 1.54) is 0 Å². The van der Waals surface area contributed by atoms with Crippen molar-refractivity contribution in [3.63, 3.8) is 0 Å². The van der Waals surface area contributed by atoms with Gasteiger partial charge in [-0.3, -0.25) is 4.79 Å². The van der Waals surface area contributed by atoms with E-state index in [0.717, 1.165) is 42.8 Å². The van der Waals surface area contributed by atoms with E-state index < -0.39 is 0 Å². The summed E-state index contributed by atoms with van der Waals surface area (Å²) in [4.78, 5) is 13.8. The van der Waals surface area contributed by atoms with E-state index in [-0.39, 0.29) is 5.91 Å². The average Bonchev–Trinajstić information content (AvgIpc) is 2.90. The summed E-state index contributed by atoms with van der Waals surface area (Å²) in [6.45, 7) is 3.79. The molecular formula is C15H19NO2. The van der Waals surface area contributed by atoms with Crippen LogP contribution >= 0.6 is 0 Å².